The first-order valence-electron chi connectivity index (χ1n) is 5.64. The molecular weight excluding hydrogens is 280 g/mol. The highest BCUT2D eigenvalue weighted by Crippen LogP contribution is 2.20. The zero-order chi connectivity index (χ0) is 14.0. The Balaban J connectivity index is 2.06. The van der Waals surface area contributed by atoms with E-state index >= 15 is 0 Å². The summed E-state index contributed by atoms with van der Waals surface area (Å²) in [5.74, 6) is -2.61. The van der Waals surface area contributed by atoms with Gasteiger partial charge in [-0.25, -0.2) is 8.78 Å². The summed E-state index contributed by atoms with van der Waals surface area (Å²) in [5.41, 5.74) is -1.61. The molecule has 0 spiro atoms. The number of carbonyl (C=O) groups is 1. The molecule has 104 valence electrons. The summed E-state index contributed by atoms with van der Waals surface area (Å²) in [4.78, 5) is 11.7. The summed E-state index contributed by atoms with van der Waals surface area (Å²) in [6, 6.07) is 1.46. The van der Waals surface area contributed by atoms with Gasteiger partial charge in [-0.15, -0.1) is 0 Å². The lowest BCUT2D eigenvalue weighted by molar-refractivity contribution is 0.0264. The minimum atomic E-state index is -1.16. The van der Waals surface area contributed by atoms with E-state index in [1.54, 1.807) is 0 Å². The molecule has 1 unspecified atom stereocenters. The van der Waals surface area contributed by atoms with Gasteiger partial charge in [0.2, 0.25) is 0 Å². The van der Waals surface area contributed by atoms with Crippen LogP contribution in [0, 0.1) is 11.6 Å². The molecule has 1 aliphatic rings. The maximum atomic E-state index is 13.5. The van der Waals surface area contributed by atoms with E-state index in [-0.39, 0.29) is 13.2 Å². The molecule has 7 heteroatoms. The predicted octanol–water partition coefficient (Wildman–Crippen LogP) is 1.50. The van der Waals surface area contributed by atoms with E-state index < -0.39 is 33.7 Å². The standard InChI is InChI=1S/C12H12ClF2NO3/c13-8-4-9(14)7(3-10(8)15)11(17)16-5-12(18)1-2-19-6-12/h3-4,18H,1-2,5-6H2,(H,16,17). The van der Waals surface area contributed by atoms with Crippen LogP contribution in [0.3, 0.4) is 0 Å². The smallest absolute Gasteiger partial charge is 0.254 e. The highest BCUT2D eigenvalue weighted by atomic mass is 35.5. The molecule has 1 aromatic rings. The molecule has 2 rings (SSSR count). The third kappa shape index (κ3) is 3.20. The first-order valence-corrected chi connectivity index (χ1v) is 6.02. The summed E-state index contributed by atoms with van der Waals surface area (Å²) in [6.45, 7) is 0.413. The van der Waals surface area contributed by atoms with Gasteiger partial charge in [-0.3, -0.25) is 4.79 Å². The van der Waals surface area contributed by atoms with Crippen molar-refractivity contribution in [2.45, 2.75) is 12.0 Å². The molecule has 1 fully saturated rings. The fourth-order valence-electron chi connectivity index (χ4n) is 1.77. The van der Waals surface area contributed by atoms with Crippen LogP contribution in [0.25, 0.3) is 0 Å². The van der Waals surface area contributed by atoms with Crippen LogP contribution in [0.15, 0.2) is 12.1 Å². The lowest BCUT2D eigenvalue weighted by Gasteiger charge is -2.20. The van der Waals surface area contributed by atoms with E-state index in [1.165, 1.54) is 0 Å². The average Bonchev–Trinajstić information content (AvgIpc) is 2.78. The predicted molar refractivity (Wildman–Crippen MR) is 64.1 cm³/mol. The average molecular weight is 292 g/mol. The number of rotatable bonds is 3. The Morgan fingerprint density at radius 3 is 2.84 bits per heavy atom. The SMILES string of the molecule is O=C(NCC1(O)CCOC1)c1cc(F)c(Cl)cc1F. The lowest BCUT2D eigenvalue weighted by atomic mass is 10.0. The van der Waals surface area contributed by atoms with Crippen LogP contribution < -0.4 is 5.32 Å². The molecule has 1 heterocycles. The van der Waals surface area contributed by atoms with Gasteiger partial charge in [0.05, 0.1) is 17.2 Å². The van der Waals surface area contributed by atoms with E-state index in [0.717, 1.165) is 12.1 Å². The van der Waals surface area contributed by atoms with Gasteiger partial charge in [0.25, 0.3) is 5.91 Å². The van der Waals surface area contributed by atoms with E-state index in [9.17, 15) is 18.7 Å². The second-order valence-electron chi connectivity index (χ2n) is 4.46. The molecule has 1 saturated heterocycles. The Morgan fingerprint density at radius 1 is 1.47 bits per heavy atom. The van der Waals surface area contributed by atoms with E-state index in [0.29, 0.717) is 13.0 Å². The summed E-state index contributed by atoms with van der Waals surface area (Å²) in [6.07, 6.45) is 0.380. The van der Waals surface area contributed by atoms with Crippen molar-refractivity contribution < 1.29 is 23.4 Å². The highest BCUT2D eigenvalue weighted by molar-refractivity contribution is 6.30. The highest BCUT2D eigenvalue weighted by Gasteiger charge is 2.32. The first-order chi connectivity index (χ1) is 8.91. The second-order valence-corrected chi connectivity index (χ2v) is 4.86. The normalized spacial score (nSPS) is 22.5. The van der Waals surface area contributed by atoms with Crippen molar-refractivity contribution in [2.75, 3.05) is 19.8 Å². The van der Waals surface area contributed by atoms with Gasteiger partial charge in [-0.1, -0.05) is 11.6 Å². The maximum absolute atomic E-state index is 13.5. The Morgan fingerprint density at radius 2 is 2.21 bits per heavy atom. The number of benzene rings is 1. The van der Waals surface area contributed by atoms with Gasteiger partial charge >= 0.3 is 0 Å². The zero-order valence-electron chi connectivity index (χ0n) is 9.88. The van der Waals surface area contributed by atoms with Gasteiger partial charge in [-0.05, 0) is 12.1 Å². The van der Waals surface area contributed by atoms with Crippen molar-refractivity contribution in [3.05, 3.63) is 34.4 Å². The van der Waals surface area contributed by atoms with Gasteiger partial charge < -0.3 is 15.2 Å². The topological polar surface area (TPSA) is 58.6 Å². The summed E-state index contributed by atoms with van der Waals surface area (Å²) >= 11 is 5.39. The van der Waals surface area contributed by atoms with Gasteiger partial charge in [0.1, 0.15) is 17.2 Å². The quantitative estimate of drug-likeness (QED) is 0.830. The maximum Gasteiger partial charge on any atom is 0.254 e. The lowest BCUT2D eigenvalue weighted by Crippen LogP contribution is -2.43. The monoisotopic (exact) mass is 291 g/mol. The Hall–Kier alpha value is -1.24. The number of aliphatic hydroxyl groups is 1. The third-order valence-electron chi connectivity index (χ3n) is 2.92. The molecule has 0 aliphatic carbocycles. The third-order valence-corrected chi connectivity index (χ3v) is 3.20. The van der Waals surface area contributed by atoms with Crippen molar-refractivity contribution in [3.8, 4) is 0 Å². The van der Waals surface area contributed by atoms with Crippen molar-refractivity contribution >= 4 is 17.5 Å². The van der Waals surface area contributed by atoms with Crippen LogP contribution in [-0.4, -0.2) is 36.4 Å². The number of amides is 1. The molecule has 1 amide bonds. The van der Waals surface area contributed by atoms with E-state index in [1.807, 2.05) is 0 Å². The number of nitrogens with one attached hydrogen (secondary N) is 1. The number of halogens is 3. The van der Waals surface area contributed by atoms with Crippen molar-refractivity contribution in [3.63, 3.8) is 0 Å². The summed E-state index contributed by atoms with van der Waals surface area (Å²) in [7, 11) is 0. The van der Waals surface area contributed by atoms with Crippen molar-refractivity contribution in [1.29, 1.82) is 0 Å². The Kier molecular flexibility index (Phi) is 4.03. The number of ether oxygens (including phenoxy) is 1. The van der Waals surface area contributed by atoms with Gasteiger partial charge in [0, 0.05) is 19.6 Å². The van der Waals surface area contributed by atoms with Crippen LogP contribution in [0.4, 0.5) is 8.78 Å². The van der Waals surface area contributed by atoms with Gasteiger partial charge in [0.15, 0.2) is 0 Å². The molecule has 1 atom stereocenters. The van der Waals surface area contributed by atoms with Crippen LogP contribution in [0.5, 0.6) is 0 Å². The number of hydrogen-bond acceptors (Lipinski definition) is 3. The van der Waals surface area contributed by atoms with E-state index in [2.05, 4.69) is 5.32 Å². The van der Waals surface area contributed by atoms with E-state index in [4.69, 9.17) is 16.3 Å². The van der Waals surface area contributed by atoms with Crippen LogP contribution in [0.1, 0.15) is 16.8 Å². The molecule has 0 saturated carbocycles. The molecular formula is C12H12ClF2NO3. The number of carbonyl (C=O) groups excluding carboxylic acids is 1. The fraction of sp³-hybridized carbons (Fsp3) is 0.417. The van der Waals surface area contributed by atoms with Crippen molar-refractivity contribution in [1.82, 2.24) is 5.32 Å². The Bertz CT molecular complexity index is 504. The molecule has 0 aromatic heterocycles. The van der Waals surface area contributed by atoms with Crippen LogP contribution in [-0.2, 0) is 4.74 Å². The zero-order valence-corrected chi connectivity index (χ0v) is 10.6. The second kappa shape index (κ2) is 5.40. The molecule has 1 aliphatic heterocycles. The van der Waals surface area contributed by atoms with Crippen LogP contribution in [0.2, 0.25) is 5.02 Å². The molecule has 4 nitrogen and oxygen atoms in total. The summed E-state index contributed by atoms with van der Waals surface area (Å²) in [5, 5.41) is 11.9. The molecule has 1 aromatic carbocycles. The molecule has 0 bridgehead atoms. The fourth-order valence-corrected chi connectivity index (χ4v) is 1.92. The molecule has 2 N–H and O–H groups in total. The molecule has 0 radical (unpaired) electrons. The van der Waals surface area contributed by atoms with Crippen molar-refractivity contribution in [2.24, 2.45) is 0 Å². The molecule has 19 heavy (non-hydrogen) atoms. The summed E-state index contributed by atoms with van der Waals surface area (Å²) < 4.78 is 31.7. The minimum Gasteiger partial charge on any atom is -0.386 e. The van der Waals surface area contributed by atoms with Gasteiger partial charge in [-0.2, -0.15) is 0 Å². The largest absolute Gasteiger partial charge is 0.386 e. The first kappa shape index (κ1) is 14.2. The Labute approximate surface area is 113 Å². The van der Waals surface area contributed by atoms with Crippen LogP contribution >= 0.6 is 11.6 Å². The minimum absolute atomic E-state index is 0.0878. The number of hydrogen-bond donors (Lipinski definition) is 2.